The van der Waals surface area contributed by atoms with Crippen LogP contribution in [0.4, 0.5) is 19.1 Å². The first-order valence-corrected chi connectivity index (χ1v) is 11.8. The Balaban J connectivity index is 1.43. The van der Waals surface area contributed by atoms with Gasteiger partial charge in [0, 0.05) is 23.2 Å². The summed E-state index contributed by atoms with van der Waals surface area (Å²) in [6.45, 7) is 5.02. The van der Waals surface area contributed by atoms with Crippen LogP contribution < -0.4 is 10.6 Å². The smallest absolute Gasteiger partial charge is 0.391 e. The van der Waals surface area contributed by atoms with E-state index in [-0.39, 0.29) is 12.1 Å². The average Bonchev–Trinajstić information content (AvgIpc) is 3.47. The number of aliphatic hydroxyl groups is 1. The van der Waals surface area contributed by atoms with Crippen molar-refractivity contribution in [2.45, 2.75) is 38.6 Å². The first-order chi connectivity index (χ1) is 17.6. The number of hydrogen-bond acceptors (Lipinski definition) is 6. The molecule has 1 unspecified atom stereocenters. The Bertz CT molecular complexity index is 1270. The molecule has 1 saturated carbocycles. The predicted molar refractivity (Wildman–Crippen MR) is 133 cm³/mol. The Morgan fingerprint density at radius 2 is 2.05 bits per heavy atom. The number of nitrogens with one attached hydrogen (secondary N) is 3. The Morgan fingerprint density at radius 1 is 1.32 bits per heavy atom. The van der Waals surface area contributed by atoms with Crippen molar-refractivity contribution in [3.05, 3.63) is 59.9 Å². The van der Waals surface area contributed by atoms with E-state index in [1.54, 1.807) is 25.3 Å². The lowest BCUT2D eigenvalue weighted by molar-refractivity contribution is -0.123. The highest BCUT2D eigenvalue weighted by Gasteiger charge is 2.28. The second-order valence-electron chi connectivity index (χ2n) is 8.95. The summed E-state index contributed by atoms with van der Waals surface area (Å²) in [6, 6.07) is 5.93. The molecular weight excluding hydrogens is 487 g/mol. The summed E-state index contributed by atoms with van der Waals surface area (Å²) in [5, 5.41) is 26.4. The quantitative estimate of drug-likeness (QED) is 0.308. The maximum atomic E-state index is 12.3. The highest BCUT2D eigenvalue weighted by atomic mass is 19.4. The summed E-state index contributed by atoms with van der Waals surface area (Å²) in [7, 11) is 0. The van der Waals surface area contributed by atoms with E-state index in [4.69, 9.17) is 0 Å². The van der Waals surface area contributed by atoms with E-state index >= 15 is 0 Å². The normalized spacial score (nSPS) is 14.6. The highest BCUT2D eigenvalue weighted by molar-refractivity contribution is 5.94. The molecule has 1 amide bonds. The molecule has 1 aliphatic rings. The predicted octanol–water partition coefficient (Wildman–Crippen LogP) is 3.89. The van der Waals surface area contributed by atoms with Crippen LogP contribution in [0.5, 0.6) is 0 Å². The third-order valence-electron chi connectivity index (χ3n) is 5.71. The van der Waals surface area contributed by atoms with Gasteiger partial charge >= 0.3 is 6.18 Å². The molecule has 196 valence electrons. The summed E-state index contributed by atoms with van der Waals surface area (Å²) in [5.74, 6) is 0.473. The standard InChI is InChI=1S/C25H28F3N7O2/c1-15(36)13-35-24(29-11-3-4-21-20(12-31-33-21)16(2)17-5-6-17)32-22(34-35)18-7-9-19(10-8-18)23(37)30-14-25(26,27)28/h3-4,7-10,12,15,17,36H,2,5-6,11,13-14H2,1H3,(H,30,37)(H,31,33)(H,29,32,34)/b4-3-. The van der Waals surface area contributed by atoms with Crippen molar-refractivity contribution in [2.75, 3.05) is 18.4 Å². The number of benzene rings is 1. The maximum Gasteiger partial charge on any atom is 0.405 e. The van der Waals surface area contributed by atoms with Gasteiger partial charge in [-0.05, 0) is 49.5 Å². The van der Waals surface area contributed by atoms with E-state index in [1.807, 2.05) is 17.5 Å². The second kappa shape index (κ2) is 11.0. The van der Waals surface area contributed by atoms with Gasteiger partial charge in [-0.1, -0.05) is 24.8 Å². The average molecular weight is 516 g/mol. The highest BCUT2D eigenvalue weighted by Crippen LogP contribution is 2.41. The van der Waals surface area contributed by atoms with E-state index in [0.29, 0.717) is 29.8 Å². The molecule has 1 fully saturated rings. The third kappa shape index (κ3) is 7.06. The van der Waals surface area contributed by atoms with E-state index in [2.05, 4.69) is 32.2 Å². The number of carbonyl (C=O) groups excluding carboxylic acids is 1. The van der Waals surface area contributed by atoms with Crippen LogP contribution in [-0.2, 0) is 6.54 Å². The Kier molecular flexibility index (Phi) is 7.77. The second-order valence-corrected chi connectivity index (χ2v) is 8.95. The molecule has 0 spiro atoms. The lowest BCUT2D eigenvalue weighted by atomic mass is 10.0. The summed E-state index contributed by atoms with van der Waals surface area (Å²) in [4.78, 5) is 16.4. The minimum Gasteiger partial charge on any atom is -0.391 e. The number of aromatic nitrogens is 5. The van der Waals surface area contributed by atoms with Crippen molar-refractivity contribution < 1.29 is 23.1 Å². The topological polar surface area (TPSA) is 121 Å². The molecule has 4 N–H and O–H groups in total. The molecule has 12 heteroatoms. The molecule has 2 aromatic heterocycles. The number of H-pyrrole nitrogens is 1. The van der Waals surface area contributed by atoms with Crippen LogP contribution in [-0.4, -0.2) is 61.3 Å². The largest absolute Gasteiger partial charge is 0.405 e. The first kappa shape index (κ1) is 26.1. The fourth-order valence-electron chi connectivity index (χ4n) is 3.68. The summed E-state index contributed by atoms with van der Waals surface area (Å²) >= 11 is 0. The van der Waals surface area contributed by atoms with Gasteiger partial charge in [-0.15, -0.1) is 5.10 Å². The number of allylic oxidation sites excluding steroid dienone is 1. The van der Waals surface area contributed by atoms with Crippen LogP contribution >= 0.6 is 0 Å². The fourth-order valence-corrected chi connectivity index (χ4v) is 3.68. The molecule has 0 aliphatic heterocycles. The third-order valence-corrected chi connectivity index (χ3v) is 5.71. The number of anilines is 1. The van der Waals surface area contributed by atoms with Crippen LogP contribution in [0.25, 0.3) is 23.0 Å². The number of nitrogens with zero attached hydrogens (tertiary/aromatic N) is 4. The molecule has 3 aromatic rings. The Labute approximate surface area is 211 Å². The van der Waals surface area contributed by atoms with Gasteiger partial charge in [-0.3, -0.25) is 9.89 Å². The molecular formula is C25H28F3N7O2. The van der Waals surface area contributed by atoms with E-state index in [1.165, 1.54) is 16.8 Å². The van der Waals surface area contributed by atoms with Crippen LogP contribution in [0.1, 0.15) is 41.4 Å². The van der Waals surface area contributed by atoms with Crippen molar-refractivity contribution in [3.8, 4) is 11.4 Å². The zero-order valence-electron chi connectivity index (χ0n) is 20.2. The number of aliphatic hydroxyl groups excluding tert-OH is 1. The zero-order valence-corrected chi connectivity index (χ0v) is 20.2. The number of rotatable bonds is 11. The van der Waals surface area contributed by atoms with Gasteiger partial charge < -0.3 is 15.7 Å². The number of alkyl halides is 3. The molecule has 1 aromatic carbocycles. The molecule has 1 aliphatic carbocycles. The van der Waals surface area contributed by atoms with Gasteiger partial charge in [0.25, 0.3) is 5.91 Å². The molecule has 9 nitrogen and oxygen atoms in total. The molecule has 1 atom stereocenters. The van der Waals surface area contributed by atoms with E-state index in [0.717, 1.165) is 29.7 Å². The Morgan fingerprint density at radius 3 is 2.70 bits per heavy atom. The van der Waals surface area contributed by atoms with Gasteiger partial charge in [0.05, 0.1) is 24.5 Å². The van der Waals surface area contributed by atoms with Crippen molar-refractivity contribution in [2.24, 2.45) is 5.92 Å². The summed E-state index contributed by atoms with van der Waals surface area (Å²) < 4.78 is 38.6. The van der Waals surface area contributed by atoms with Gasteiger partial charge in [-0.2, -0.15) is 23.3 Å². The van der Waals surface area contributed by atoms with E-state index < -0.39 is 24.7 Å². The van der Waals surface area contributed by atoms with E-state index in [9.17, 15) is 23.1 Å². The number of halogens is 3. The molecule has 0 radical (unpaired) electrons. The van der Waals surface area contributed by atoms with Gasteiger partial charge in [-0.25, -0.2) is 4.68 Å². The van der Waals surface area contributed by atoms with Gasteiger partial charge in [0.2, 0.25) is 5.95 Å². The summed E-state index contributed by atoms with van der Waals surface area (Å²) in [6.07, 6.45) is 2.76. The van der Waals surface area contributed by atoms with Crippen molar-refractivity contribution in [1.29, 1.82) is 0 Å². The van der Waals surface area contributed by atoms with Gasteiger partial charge in [0.1, 0.15) is 6.54 Å². The van der Waals surface area contributed by atoms with Crippen LogP contribution in [0.3, 0.4) is 0 Å². The molecule has 0 saturated heterocycles. The monoisotopic (exact) mass is 515 g/mol. The summed E-state index contributed by atoms with van der Waals surface area (Å²) in [5.41, 5.74) is 3.63. The van der Waals surface area contributed by atoms with Crippen molar-refractivity contribution >= 4 is 23.5 Å². The number of carbonyl (C=O) groups is 1. The molecule has 4 rings (SSSR count). The first-order valence-electron chi connectivity index (χ1n) is 11.8. The zero-order chi connectivity index (χ0) is 26.6. The van der Waals surface area contributed by atoms with Crippen LogP contribution in [0.15, 0.2) is 43.1 Å². The maximum absolute atomic E-state index is 12.3. The lowest BCUT2D eigenvalue weighted by Gasteiger charge is -2.08. The fraction of sp³-hybridized carbons (Fsp3) is 0.360. The minimum atomic E-state index is -4.49. The molecule has 37 heavy (non-hydrogen) atoms. The lowest BCUT2D eigenvalue weighted by Crippen LogP contribution is -2.33. The van der Waals surface area contributed by atoms with Gasteiger partial charge in [0.15, 0.2) is 5.82 Å². The molecule has 2 heterocycles. The van der Waals surface area contributed by atoms with Crippen LogP contribution in [0.2, 0.25) is 0 Å². The number of aromatic amines is 1. The number of hydrogen-bond donors (Lipinski definition) is 4. The number of amides is 1. The van der Waals surface area contributed by atoms with Crippen LogP contribution in [0, 0.1) is 5.92 Å². The SMILES string of the molecule is C=C(c1cn[nH]c1/C=C\CNc1nc(-c2ccc(C(=O)NCC(F)(F)F)cc2)nn1CC(C)O)C1CC1. The van der Waals surface area contributed by atoms with Crippen molar-refractivity contribution in [1.82, 2.24) is 30.3 Å². The van der Waals surface area contributed by atoms with Crippen molar-refractivity contribution in [3.63, 3.8) is 0 Å². The molecule has 0 bridgehead atoms. The minimum absolute atomic E-state index is 0.0856. The Hall–Kier alpha value is -3.93.